The average Bonchev–Trinajstić information content (AvgIpc) is 2.30. The molecule has 0 aromatic carbocycles. The lowest BCUT2D eigenvalue weighted by Crippen LogP contribution is -2.42. The Balaban J connectivity index is 4.58. The van der Waals surface area contributed by atoms with E-state index in [1.165, 1.54) is 0 Å². The summed E-state index contributed by atoms with van der Waals surface area (Å²) in [5.41, 5.74) is 0. The maximum atomic E-state index is 12.1. The number of sulfone groups is 1. The van der Waals surface area contributed by atoms with Gasteiger partial charge in [0.25, 0.3) is 0 Å². The highest BCUT2D eigenvalue weighted by atomic mass is 32.2. The van der Waals surface area contributed by atoms with E-state index in [-0.39, 0.29) is 24.1 Å². The quantitative estimate of drug-likeness (QED) is 0.633. The van der Waals surface area contributed by atoms with E-state index in [0.29, 0.717) is 13.2 Å². The van der Waals surface area contributed by atoms with Crippen molar-refractivity contribution in [3.8, 4) is 0 Å². The van der Waals surface area contributed by atoms with E-state index in [1.807, 2.05) is 13.8 Å². The van der Waals surface area contributed by atoms with Gasteiger partial charge in [0.15, 0.2) is 0 Å². The van der Waals surface area contributed by atoms with E-state index in [0.717, 1.165) is 19.1 Å². The van der Waals surface area contributed by atoms with Crippen molar-refractivity contribution >= 4 is 15.7 Å². The van der Waals surface area contributed by atoms with Gasteiger partial charge in [0, 0.05) is 32.4 Å². The van der Waals surface area contributed by atoms with Crippen molar-refractivity contribution in [3.63, 3.8) is 0 Å². The predicted octanol–water partition coefficient (Wildman–Crippen LogP) is 1.08. The lowest BCUT2D eigenvalue weighted by atomic mass is 10.1. The van der Waals surface area contributed by atoms with Gasteiger partial charge in [-0.1, -0.05) is 13.8 Å². The normalized spacial score (nSPS) is 11.8. The molecule has 0 bridgehead atoms. The second-order valence-electron chi connectivity index (χ2n) is 4.43. The molecule has 0 spiro atoms. The van der Waals surface area contributed by atoms with E-state index < -0.39 is 9.84 Å². The van der Waals surface area contributed by atoms with Crippen LogP contribution in [0.4, 0.5) is 0 Å². The summed E-state index contributed by atoms with van der Waals surface area (Å²) in [5, 5.41) is 0. The maximum absolute atomic E-state index is 12.1. The highest BCUT2D eigenvalue weighted by Crippen LogP contribution is 2.10. The van der Waals surface area contributed by atoms with Crippen LogP contribution < -0.4 is 0 Å². The fourth-order valence-corrected chi connectivity index (χ4v) is 2.39. The zero-order valence-electron chi connectivity index (χ0n) is 11.8. The van der Waals surface area contributed by atoms with Crippen molar-refractivity contribution < 1.29 is 17.9 Å². The Morgan fingerprint density at radius 1 is 1.28 bits per heavy atom. The van der Waals surface area contributed by atoms with Crippen LogP contribution in [0.15, 0.2) is 0 Å². The molecule has 0 aliphatic carbocycles. The number of ether oxygens (including phenoxy) is 1. The first-order chi connectivity index (χ1) is 8.35. The molecule has 0 unspecified atom stereocenters. The van der Waals surface area contributed by atoms with Crippen molar-refractivity contribution in [2.24, 2.45) is 0 Å². The third-order valence-electron chi connectivity index (χ3n) is 2.93. The van der Waals surface area contributed by atoms with Gasteiger partial charge in [-0.15, -0.1) is 0 Å². The third-order valence-corrected chi connectivity index (χ3v) is 3.87. The van der Waals surface area contributed by atoms with Crippen LogP contribution >= 0.6 is 0 Å². The lowest BCUT2D eigenvalue weighted by molar-refractivity contribution is -0.134. The lowest BCUT2D eigenvalue weighted by Gasteiger charge is -2.30. The van der Waals surface area contributed by atoms with Gasteiger partial charge in [0.05, 0.1) is 12.4 Å². The number of methoxy groups -OCH3 is 1. The van der Waals surface area contributed by atoms with Crippen molar-refractivity contribution in [2.75, 3.05) is 32.3 Å². The highest BCUT2D eigenvalue weighted by Gasteiger charge is 2.21. The van der Waals surface area contributed by atoms with E-state index in [2.05, 4.69) is 0 Å². The molecule has 1 amide bonds. The Labute approximate surface area is 110 Å². The molecule has 108 valence electrons. The number of hydrogen-bond acceptors (Lipinski definition) is 4. The predicted molar refractivity (Wildman–Crippen MR) is 72.3 cm³/mol. The van der Waals surface area contributed by atoms with E-state index >= 15 is 0 Å². The summed E-state index contributed by atoms with van der Waals surface area (Å²) in [6.07, 6.45) is 2.94. The van der Waals surface area contributed by atoms with Crippen LogP contribution in [0, 0.1) is 0 Å². The number of amides is 1. The highest BCUT2D eigenvalue weighted by molar-refractivity contribution is 7.90. The van der Waals surface area contributed by atoms with E-state index in [1.54, 1.807) is 12.0 Å². The summed E-state index contributed by atoms with van der Waals surface area (Å²) in [7, 11) is -1.50. The Kier molecular flexibility index (Phi) is 8.18. The Morgan fingerprint density at radius 2 is 1.83 bits per heavy atom. The van der Waals surface area contributed by atoms with Crippen LogP contribution in [-0.2, 0) is 19.4 Å². The summed E-state index contributed by atoms with van der Waals surface area (Å²) in [4.78, 5) is 13.8. The summed E-state index contributed by atoms with van der Waals surface area (Å²) in [6, 6.07) is 0.159. The summed E-state index contributed by atoms with van der Waals surface area (Å²) < 4.78 is 27.2. The van der Waals surface area contributed by atoms with Crippen LogP contribution in [0.5, 0.6) is 0 Å². The Morgan fingerprint density at radius 3 is 2.22 bits per heavy atom. The maximum Gasteiger partial charge on any atom is 0.223 e. The molecule has 0 N–H and O–H groups in total. The fourth-order valence-electron chi connectivity index (χ4n) is 1.85. The molecule has 6 heteroatoms. The first-order valence-electron chi connectivity index (χ1n) is 6.31. The van der Waals surface area contributed by atoms with Gasteiger partial charge in [-0.3, -0.25) is 4.79 Å². The van der Waals surface area contributed by atoms with Crippen LogP contribution in [0.1, 0.15) is 33.1 Å². The van der Waals surface area contributed by atoms with Crippen LogP contribution in [0.3, 0.4) is 0 Å². The SMILES string of the molecule is CCC(CC)N(CCOC)C(=O)CCS(C)(=O)=O. The minimum atomic E-state index is -3.09. The first-order valence-corrected chi connectivity index (χ1v) is 8.37. The molecule has 0 aromatic rings. The van der Waals surface area contributed by atoms with E-state index in [4.69, 9.17) is 4.74 Å². The molecule has 0 heterocycles. The van der Waals surface area contributed by atoms with E-state index in [9.17, 15) is 13.2 Å². The standard InChI is InChI=1S/C12H25NO4S/c1-5-11(6-2)13(8-9-17-3)12(14)7-10-18(4,15)16/h11H,5-10H2,1-4H3. The first kappa shape index (κ1) is 17.4. The van der Waals surface area contributed by atoms with Gasteiger partial charge < -0.3 is 9.64 Å². The molecule has 0 radical (unpaired) electrons. The van der Waals surface area contributed by atoms with Gasteiger partial charge >= 0.3 is 0 Å². The van der Waals surface area contributed by atoms with Gasteiger partial charge in [-0.2, -0.15) is 0 Å². The molecule has 5 nitrogen and oxygen atoms in total. The molecule has 0 saturated heterocycles. The third kappa shape index (κ3) is 6.96. The number of hydrogen-bond donors (Lipinski definition) is 0. The Hall–Kier alpha value is -0.620. The van der Waals surface area contributed by atoms with Crippen molar-refractivity contribution in [1.29, 1.82) is 0 Å². The number of carbonyl (C=O) groups is 1. The molecule has 0 fully saturated rings. The molecule has 0 atom stereocenters. The summed E-state index contributed by atoms with van der Waals surface area (Å²) in [6.45, 7) is 5.04. The van der Waals surface area contributed by atoms with Crippen molar-refractivity contribution in [2.45, 2.75) is 39.2 Å². The molecule has 0 aliphatic heterocycles. The molecular formula is C12H25NO4S. The molecular weight excluding hydrogens is 254 g/mol. The van der Waals surface area contributed by atoms with Crippen LogP contribution in [0.25, 0.3) is 0 Å². The molecule has 18 heavy (non-hydrogen) atoms. The van der Waals surface area contributed by atoms with Crippen molar-refractivity contribution in [1.82, 2.24) is 4.90 Å². The second kappa shape index (κ2) is 8.48. The number of rotatable bonds is 9. The fraction of sp³-hybridized carbons (Fsp3) is 0.917. The molecule has 0 rings (SSSR count). The van der Waals surface area contributed by atoms with Crippen molar-refractivity contribution in [3.05, 3.63) is 0 Å². The topological polar surface area (TPSA) is 63.7 Å². The number of nitrogens with zero attached hydrogens (tertiary/aromatic N) is 1. The smallest absolute Gasteiger partial charge is 0.223 e. The second-order valence-corrected chi connectivity index (χ2v) is 6.69. The largest absolute Gasteiger partial charge is 0.383 e. The molecule has 0 saturated carbocycles. The zero-order valence-corrected chi connectivity index (χ0v) is 12.6. The number of carbonyl (C=O) groups excluding carboxylic acids is 1. The molecule has 0 aromatic heterocycles. The van der Waals surface area contributed by atoms with Gasteiger partial charge in [-0.05, 0) is 12.8 Å². The summed E-state index contributed by atoms with van der Waals surface area (Å²) in [5.74, 6) is -0.193. The van der Waals surface area contributed by atoms with Gasteiger partial charge in [0.1, 0.15) is 9.84 Å². The monoisotopic (exact) mass is 279 g/mol. The minimum absolute atomic E-state index is 0.0546. The van der Waals surface area contributed by atoms with Gasteiger partial charge in [0.2, 0.25) is 5.91 Å². The average molecular weight is 279 g/mol. The molecule has 0 aliphatic rings. The zero-order chi connectivity index (χ0) is 14.2. The minimum Gasteiger partial charge on any atom is -0.383 e. The van der Waals surface area contributed by atoms with Crippen LogP contribution in [-0.4, -0.2) is 57.5 Å². The van der Waals surface area contributed by atoms with Crippen LogP contribution in [0.2, 0.25) is 0 Å². The Bertz CT molecular complexity index is 336. The summed E-state index contributed by atoms with van der Waals surface area (Å²) >= 11 is 0. The van der Waals surface area contributed by atoms with Gasteiger partial charge in [-0.25, -0.2) is 8.42 Å².